The van der Waals surface area contributed by atoms with Gasteiger partial charge in [0, 0.05) is 25.0 Å². The molecule has 2 atom stereocenters. The van der Waals surface area contributed by atoms with Gasteiger partial charge < -0.3 is 9.80 Å². The van der Waals surface area contributed by atoms with Crippen molar-refractivity contribution in [2.45, 2.75) is 51.0 Å². The van der Waals surface area contributed by atoms with Crippen molar-refractivity contribution in [3.05, 3.63) is 0 Å². The Morgan fingerprint density at radius 2 is 1.78 bits per heavy atom. The van der Waals surface area contributed by atoms with Gasteiger partial charge in [-0.1, -0.05) is 12.8 Å². The first kappa shape index (κ1) is 12.5. The Morgan fingerprint density at radius 3 is 2.56 bits per heavy atom. The lowest BCUT2D eigenvalue weighted by Gasteiger charge is -2.47. The number of likely N-dealkylation sites (tertiary alicyclic amines) is 2. The van der Waals surface area contributed by atoms with E-state index >= 15 is 0 Å². The van der Waals surface area contributed by atoms with E-state index in [1.807, 2.05) is 0 Å². The zero-order chi connectivity index (χ0) is 12.5. The van der Waals surface area contributed by atoms with Crippen LogP contribution in [0.4, 0.5) is 0 Å². The standard InChI is InChI=1S/C15H27N3/c1-17-9-4-7-13-11-18(10-8-14(13)17)15(16)12-5-2-3-6-12/h12-14,16H,2-11H2,1H3. The van der Waals surface area contributed by atoms with E-state index in [2.05, 4.69) is 16.8 Å². The summed E-state index contributed by atoms with van der Waals surface area (Å²) in [5, 5.41) is 8.45. The molecule has 3 aliphatic rings. The lowest BCUT2D eigenvalue weighted by Crippen LogP contribution is -2.54. The Kier molecular flexibility index (Phi) is 3.60. The maximum absolute atomic E-state index is 8.45. The van der Waals surface area contributed by atoms with Crippen molar-refractivity contribution in [2.75, 3.05) is 26.7 Å². The van der Waals surface area contributed by atoms with Crippen molar-refractivity contribution in [3.63, 3.8) is 0 Å². The minimum atomic E-state index is 0.586. The summed E-state index contributed by atoms with van der Waals surface area (Å²) in [6.45, 7) is 3.56. The molecule has 1 saturated carbocycles. The van der Waals surface area contributed by atoms with Crippen LogP contribution in [-0.2, 0) is 0 Å². The van der Waals surface area contributed by atoms with Crippen LogP contribution in [0.1, 0.15) is 44.9 Å². The van der Waals surface area contributed by atoms with Crippen LogP contribution in [-0.4, -0.2) is 48.4 Å². The van der Waals surface area contributed by atoms with Crippen LogP contribution < -0.4 is 0 Å². The third-order valence-corrected chi connectivity index (χ3v) is 5.43. The average molecular weight is 249 g/mol. The Bertz CT molecular complexity index is 309. The molecular formula is C15H27N3. The van der Waals surface area contributed by atoms with Gasteiger partial charge in [-0.05, 0) is 51.6 Å². The van der Waals surface area contributed by atoms with Gasteiger partial charge in [-0.2, -0.15) is 0 Å². The van der Waals surface area contributed by atoms with E-state index in [9.17, 15) is 0 Å². The van der Waals surface area contributed by atoms with Crippen LogP contribution in [0.15, 0.2) is 0 Å². The van der Waals surface area contributed by atoms with Gasteiger partial charge in [0.05, 0.1) is 5.84 Å². The molecule has 0 amide bonds. The summed E-state index contributed by atoms with van der Waals surface area (Å²) >= 11 is 0. The molecule has 3 fully saturated rings. The molecule has 0 spiro atoms. The van der Waals surface area contributed by atoms with Gasteiger partial charge in [0.25, 0.3) is 0 Å². The monoisotopic (exact) mass is 249 g/mol. The Labute approximate surface area is 111 Å². The fraction of sp³-hybridized carbons (Fsp3) is 0.933. The lowest BCUT2D eigenvalue weighted by molar-refractivity contribution is 0.0613. The highest BCUT2D eigenvalue weighted by atomic mass is 15.2. The fourth-order valence-electron chi connectivity index (χ4n) is 4.33. The topological polar surface area (TPSA) is 30.3 Å². The summed E-state index contributed by atoms with van der Waals surface area (Å²) in [6.07, 6.45) is 9.22. The van der Waals surface area contributed by atoms with Gasteiger partial charge in [0.15, 0.2) is 0 Å². The van der Waals surface area contributed by atoms with Crippen molar-refractivity contribution in [3.8, 4) is 0 Å². The van der Waals surface area contributed by atoms with E-state index in [1.54, 1.807) is 0 Å². The Balaban J connectivity index is 1.61. The van der Waals surface area contributed by atoms with E-state index in [1.165, 1.54) is 51.5 Å². The van der Waals surface area contributed by atoms with Crippen LogP contribution in [0.3, 0.4) is 0 Å². The number of piperidine rings is 2. The quantitative estimate of drug-likeness (QED) is 0.572. The van der Waals surface area contributed by atoms with Gasteiger partial charge >= 0.3 is 0 Å². The zero-order valence-corrected chi connectivity index (χ0v) is 11.7. The second-order valence-electron chi connectivity index (χ2n) is 6.55. The molecule has 18 heavy (non-hydrogen) atoms. The SMILES string of the molecule is CN1CCCC2CN(C(=N)C3CCCC3)CCC21. The highest BCUT2D eigenvalue weighted by Gasteiger charge is 2.36. The number of nitrogens with zero attached hydrogens (tertiary/aromatic N) is 2. The predicted molar refractivity (Wildman–Crippen MR) is 75.0 cm³/mol. The van der Waals surface area contributed by atoms with Gasteiger partial charge in [0.1, 0.15) is 0 Å². The fourth-order valence-corrected chi connectivity index (χ4v) is 4.33. The smallest absolute Gasteiger partial charge is 0.0989 e. The first-order valence-electron chi connectivity index (χ1n) is 7.79. The Hall–Kier alpha value is -0.570. The molecule has 2 heterocycles. The molecule has 0 aromatic carbocycles. The highest BCUT2D eigenvalue weighted by molar-refractivity contribution is 5.82. The largest absolute Gasteiger partial charge is 0.360 e. The minimum absolute atomic E-state index is 0.586. The molecule has 0 bridgehead atoms. The summed E-state index contributed by atoms with van der Waals surface area (Å²) in [5.41, 5.74) is 0. The number of rotatable bonds is 1. The van der Waals surface area contributed by atoms with Crippen LogP contribution in [0, 0.1) is 17.2 Å². The van der Waals surface area contributed by atoms with Crippen molar-refractivity contribution in [2.24, 2.45) is 11.8 Å². The second kappa shape index (κ2) is 5.20. The molecule has 3 rings (SSSR count). The maximum atomic E-state index is 8.45. The first-order chi connectivity index (χ1) is 8.75. The van der Waals surface area contributed by atoms with Crippen molar-refractivity contribution in [1.29, 1.82) is 5.41 Å². The molecule has 1 N–H and O–H groups in total. The Morgan fingerprint density at radius 1 is 1.00 bits per heavy atom. The van der Waals surface area contributed by atoms with Crippen molar-refractivity contribution in [1.82, 2.24) is 9.80 Å². The summed E-state index contributed by atoms with van der Waals surface area (Å²) in [6, 6.07) is 0.798. The number of nitrogens with one attached hydrogen (secondary N) is 1. The number of fused-ring (bicyclic) bond motifs is 1. The highest BCUT2D eigenvalue weighted by Crippen LogP contribution is 2.32. The summed E-state index contributed by atoms with van der Waals surface area (Å²) < 4.78 is 0. The van der Waals surface area contributed by atoms with E-state index in [0.717, 1.165) is 30.9 Å². The molecule has 2 unspecified atom stereocenters. The second-order valence-corrected chi connectivity index (χ2v) is 6.55. The summed E-state index contributed by atoms with van der Waals surface area (Å²) in [5.74, 6) is 2.38. The van der Waals surface area contributed by atoms with Crippen LogP contribution in [0.2, 0.25) is 0 Å². The van der Waals surface area contributed by atoms with Crippen LogP contribution in [0.5, 0.6) is 0 Å². The van der Waals surface area contributed by atoms with E-state index in [4.69, 9.17) is 5.41 Å². The van der Waals surface area contributed by atoms with E-state index in [0.29, 0.717) is 5.92 Å². The van der Waals surface area contributed by atoms with Crippen LogP contribution in [0.25, 0.3) is 0 Å². The molecule has 0 aromatic rings. The van der Waals surface area contributed by atoms with Crippen molar-refractivity contribution >= 4 is 5.84 Å². The molecule has 1 aliphatic carbocycles. The molecule has 0 radical (unpaired) electrons. The minimum Gasteiger partial charge on any atom is -0.360 e. The third-order valence-electron chi connectivity index (χ3n) is 5.43. The normalized spacial score (nSPS) is 34.6. The molecule has 3 nitrogen and oxygen atoms in total. The predicted octanol–water partition coefficient (Wildman–Crippen LogP) is 2.57. The summed E-state index contributed by atoms with van der Waals surface area (Å²) in [7, 11) is 2.29. The van der Waals surface area contributed by atoms with Crippen LogP contribution >= 0.6 is 0 Å². The first-order valence-corrected chi connectivity index (χ1v) is 7.79. The lowest BCUT2D eigenvalue weighted by atomic mass is 9.83. The molecule has 2 aliphatic heterocycles. The van der Waals surface area contributed by atoms with Gasteiger partial charge in [-0.15, -0.1) is 0 Å². The average Bonchev–Trinajstić information content (AvgIpc) is 2.91. The van der Waals surface area contributed by atoms with Gasteiger partial charge in [0.2, 0.25) is 0 Å². The molecule has 0 aromatic heterocycles. The van der Waals surface area contributed by atoms with Crippen molar-refractivity contribution < 1.29 is 0 Å². The zero-order valence-electron chi connectivity index (χ0n) is 11.7. The molecule has 2 saturated heterocycles. The number of hydrogen-bond acceptors (Lipinski definition) is 2. The van der Waals surface area contributed by atoms with E-state index < -0.39 is 0 Å². The van der Waals surface area contributed by atoms with Gasteiger partial charge in [-0.3, -0.25) is 5.41 Å². The number of amidine groups is 1. The molecule has 3 heteroatoms. The third kappa shape index (κ3) is 2.29. The summed E-state index contributed by atoms with van der Waals surface area (Å²) in [4.78, 5) is 4.97. The maximum Gasteiger partial charge on any atom is 0.0989 e. The van der Waals surface area contributed by atoms with E-state index in [-0.39, 0.29) is 0 Å². The number of hydrogen-bond donors (Lipinski definition) is 1. The molecular weight excluding hydrogens is 222 g/mol. The molecule has 102 valence electrons. The van der Waals surface area contributed by atoms with Gasteiger partial charge in [-0.25, -0.2) is 0 Å².